The number of nitrogens with zero attached hydrogens (tertiary/aromatic N) is 1. The van der Waals surface area contributed by atoms with Crippen LogP contribution in [0.5, 0.6) is 0 Å². The van der Waals surface area contributed by atoms with E-state index in [1.807, 2.05) is 12.3 Å². The quantitative estimate of drug-likeness (QED) is 0.565. The number of nitrogens with one attached hydrogen (secondary N) is 1. The van der Waals surface area contributed by atoms with Crippen molar-refractivity contribution >= 4 is 22.5 Å². The molecule has 158 valence electrons. The average molecular weight is 404 g/mol. The molecular weight excluding hydrogens is 368 g/mol. The van der Waals surface area contributed by atoms with Gasteiger partial charge in [-0.2, -0.15) is 0 Å². The number of carbonyl (C=O) groups excluding carboxylic acids is 1. The smallest absolute Gasteiger partial charge is 0.343 e. The Kier molecular flexibility index (Phi) is 3.83. The number of amides is 1. The molecule has 1 N–H and O–H groups in total. The minimum atomic E-state index is 0.0998. The molecule has 1 aliphatic heterocycles. The number of likely N-dealkylation sites (N-methyl/N-ethyl adjacent to an activating group) is 1. The first-order valence-electron chi connectivity index (χ1n) is 12.0. The molecule has 2 heterocycles. The van der Waals surface area contributed by atoms with E-state index in [4.69, 9.17) is 0 Å². The van der Waals surface area contributed by atoms with Gasteiger partial charge in [-0.3, -0.25) is 0 Å². The van der Waals surface area contributed by atoms with E-state index in [2.05, 4.69) is 56.2 Å². The third-order valence-electron chi connectivity index (χ3n) is 10.2. The Morgan fingerprint density at radius 2 is 1.90 bits per heavy atom. The summed E-state index contributed by atoms with van der Waals surface area (Å²) in [6.45, 7) is 5.06. The molecule has 3 aliphatic carbocycles. The van der Waals surface area contributed by atoms with Gasteiger partial charge >= 0.3 is 5.91 Å². The molecule has 7 atom stereocenters. The zero-order chi connectivity index (χ0) is 20.7. The molecule has 3 fully saturated rings. The first kappa shape index (κ1) is 18.9. The van der Waals surface area contributed by atoms with Crippen molar-refractivity contribution in [2.45, 2.75) is 64.8 Å². The van der Waals surface area contributed by atoms with E-state index in [0.717, 1.165) is 29.5 Å². The normalized spacial score (nSPS) is 45.2. The van der Waals surface area contributed by atoms with Crippen LogP contribution in [0.25, 0.3) is 10.9 Å². The van der Waals surface area contributed by atoms with Gasteiger partial charge in [0.2, 0.25) is 0 Å². The first-order chi connectivity index (χ1) is 14.4. The van der Waals surface area contributed by atoms with E-state index in [9.17, 15) is 4.79 Å². The Hall–Kier alpha value is -1.87. The molecule has 2 aromatic rings. The van der Waals surface area contributed by atoms with Crippen molar-refractivity contribution in [1.82, 2.24) is 9.47 Å². The molecule has 30 heavy (non-hydrogen) atoms. The fourth-order valence-electron chi connectivity index (χ4n) is 8.61. The van der Waals surface area contributed by atoms with Crippen molar-refractivity contribution in [3.8, 4) is 0 Å². The van der Waals surface area contributed by atoms with Gasteiger partial charge in [0.25, 0.3) is 0 Å². The van der Waals surface area contributed by atoms with Gasteiger partial charge in [0.1, 0.15) is 11.7 Å². The second kappa shape index (κ2) is 6.09. The zero-order valence-electron chi connectivity index (χ0n) is 18.7. The molecule has 3 nitrogen and oxygen atoms in total. The number of rotatable bonds is 1. The summed E-state index contributed by atoms with van der Waals surface area (Å²) in [6.07, 6.45) is 15.7. The van der Waals surface area contributed by atoms with Crippen LogP contribution in [0.1, 0.15) is 58.8 Å². The molecule has 0 radical (unpaired) electrons. The van der Waals surface area contributed by atoms with Crippen LogP contribution in [0.15, 0.2) is 42.6 Å². The Balaban J connectivity index is 1.44. The van der Waals surface area contributed by atoms with E-state index in [1.54, 1.807) is 0 Å². The number of hydrogen-bond acceptors (Lipinski definition) is 1. The third-order valence-corrected chi connectivity index (χ3v) is 10.2. The Morgan fingerprint density at radius 1 is 1.03 bits per heavy atom. The number of H-pyrrole nitrogens is 1. The molecule has 3 saturated carbocycles. The maximum Gasteiger partial charge on any atom is 0.343 e. The van der Waals surface area contributed by atoms with Gasteiger partial charge in [-0.15, -0.1) is 0 Å². The molecule has 0 saturated heterocycles. The zero-order valence-corrected chi connectivity index (χ0v) is 18.7. The van der Waals surface area contributed by atoms with Gasteiger partial charge < -0.3 is 4.98 Å². The summed E-state index contributed by atoms with van der Waals surface area (Å²) in [4.78, 5) is 16.8. The SMILES string of the molecule is C[C@@]12CCC[C@H]1[C@@H]1CC[C@@H]3[C@](C)(C=CC(=O)[N+]3(C)c3ccc4[nH]ccc4c3)[C@H]1CC2. The van der Waals surface area contributed by atoms with E-state index in [0.29, 0.717) is 21.9 Å². The van der Waals surface area contributed by atoms with Crippen molar-refractivity contribution in [2.75, 3.05) is 7.05 Å². The number of fused-ring (bicyclic) bond motifs is 6. The van der Waals surface area contributed by atoms with E-state index >= 15 is 0 Å². The van der Waals surface area contributed by atoms with E-state index in [-0.39, 0.29) is 11.3 Å². The summed E-state index contributed by atoms with van der Waals surface area (Å²) in [7, 11) is 2.19. The molecule has 0 spiro atoms. The molecule has 1 aromatic carbocycles. The number of aromatic amines is 1. The van der Waals surface area contributed by atoms with Gasteiger partial charge in [-0.25, -0.2) is 9.28 Å². The fourth-order valence-corrected chi connectivity index (χ4v) is 8.61. The summed E-state index contributed by atoms with van der Waals surface area (Å²) >= 11 is 0. The van der Waals surface area contributed by atoms with Gasteiger partial charge in [-0.1, -0.05) is 26.3 Å². The Labute approximate surface area is 180 Å². The van der Waals surface area contributed by atoms with Crippen LogP contribution in [0.4, 0.5) is 5.69 Å². The summed E-state index contributed by atoms with van der Waals surface area (Å²) in [5.74, 6) is 2.69. The third kappa shape index (κ3) is 2.28. The second-order valence-corrected chi connectivity index (χ2v) is 11.4. The lowest BCUT2D eigenvalue weighted by Gasteiger charge is -2.60. The number of benzene rings is 1. The monoisotopic (exact) mass is 403 g/mol. The lowest BCUT2D eigenvalue weighted by Crippen LogP contribution is -2.69. The van der Waals surface area contributed by atoms with Crippen molar-refractivity contribution in [3.05, 3.63) is 42.6 Å². The highest BCUT2D eigenvalue weighted by Crippen LogP contribution is 2.64. The molecule has 3 heteroatoms. The molecule has 1 unspecified atom stereocenters. The van der Waals surface area contributed by atoms with Gasteiger partial charge in [0, 0.05) is 47.1 Å². The highest BCUT2D eigenvalue weighted by atomic mass is 16.2. The van der Waals surface area contributed by atoms with Crippen LogP contribution in [0, 0.1) is 28.6 Å². The molecule has 1 amide bonds. The highest BCUT2D eigenvalue weighted by molar-refractivity contribution is 6.00. The molecular formula is C27H35N2O+. The number of hydrogen-bond donors (Lipinski definition) is 1. The lowest BCUT2D eigenvalue weighted by atomic mass is 9.48. The lowest BCUT2D eigenvalue weighted by molar-refractivity contribution is -0.136. The van der Waals surface area contributed by atoms with Crippen LogP contribution in [0.2, 0.25) is 0 Å². The van der Waals surface area contributed by atoms with Crippen molar-refractivity contribution in [1.29, 1.82) is 0 Å². The van der Waals surface area contributed by atoms with Crippen molar-refractivity contribution in [3.63, 3.8) is 0 Å². The molecule has 0 bridgehead atoms. The first-order valence-corrected chi connectivity index (χ1v) is 12.0. The molecule has 4 aliphatic rings. The summed E-state index contributed by atoms with van der Waals surface area (Å²) in [5, 5.41) is 1.20. The summed E-state index contributed by atoms with van der Waals surface area (Å²) in [5.41, 5.74) is 2.97. The Bertz CT molecular complexity index is 1050. The summed E-state index contributed by atoms with van der Waals surface area (Å²) < 4.78 is 0.430. The Morgan fingerprint density at radius 3 is 2.77 bits per heavy atom. The average Bonchev–Trinajstić information content (AvgIpc) is 3.36. The largest absolute Gasteiger partial charge is 0.361 e. The minimum Gasteiger partial charge on any atom is -0.361 e. The summed E-state index contributed by atoms with van der Waals surface area (Å²) in [6, 6.07) is 9.01. The van der Waals surface area contributed by atoms with Crippen molar-refractivity contribution in [2.24, 2.45) is 28.6 Å². The topological polar surface area (TPSA) is 32.9 Å². The van der Waals surface area contributed by atoms with Crippen LogP contribution < -0.4 is 4.48 Å². The van der Waals surface area contributed by atoms with Crippen LogP contribution >= 0.6 is 0 Å². The van der Waals surface area contributed by atoms with Crippen molar-refractivity contribution < 1.29 is 4.79 Å². The van der Waals surface area contributed by atoms with Crippen LogP contribution in [0.3, 0.4) is 0 Å². The predicted molar refractivity (Wildman–Crippen MR) is 123 cm³/mol. The van der Waals surface area contributed by atoms with Crippen LogP contribution in [-0.2, 0) is 4.79 Å². The highest BCUT2D eigenvalue weighted by Gasteiger charge is 2.63. The maximum absolute atomic E-state index is 13.5. The molecule has 6 rings (SSSR count). The van der Waals surface area contributed by atoms with Gasteiger partial charge in [0.15, 0.2) is 0 Å². The number of carbonyl (C=O) groups is 1. The number of quaternary nitrogens is 1. The van der Waals surface area contributed by atoms with Gasteiger partial charge in [0.05, 0.1) is 7.05 Å². The minimum absolute atomic E-state index is 0.0998. The maximum atomic E-state index is 13.5. The van der Waals surface area contributed by atoms with Gasteiger partial charge in [-0.05, 0) is 67.4 Å². The van der Waals surface area contributed by atoms with E-state index < -0.39 is 0 Å². The fraction of sp³-hybridized carbons (Fsp3) is 0.593. The predicted octanol–water partition coefficient (Wildman–Crippen LogP) is 6.20. The number of aromatic nitrogens is 1. The second-order valence-electron chi connectivity index (χ2n) is 11.4. The van der Waals surface area contributed by atoms with E-state index in [1.165, 1.54) is 43.9 Å². The van der Waals surface area contributed by atoms with Crippen LogP contribution in [-0.4, -0.2) is 24.0 Å². The molecule has 1 aromatic heterocycles. The standard InChI is InChI=1S/C27H35N2O/c1-26-13-4-5-21(26)20-7-9-24-27(2,22(20)10-14-26)15-11-25(30)29(24,3)19-6-8-23-18(17-19)12-16-28-23/h6,8,11-12,15-17,20-22,24,28H,4-5,7,9-10,13-14H2,1-3H3/q+1/t20-,21-,22-,24+,26-,27+,29?/m0/s1.